The normalized spacial score (nSPS) is 11.2. The number of aryl methyl sites for hydroxylation is 1. The molecule has 9 nitrogen and oxygen atoms in total. The second-order valence-corrected chi connectivity index (χ2v) is 10.2. The Balaban J connectivity index is 1.25. The number of hydrogen-bond acceptors (Lipinski definition) is 8. The van der Waals surface area contributed by atoms with Crippen LogP contribution in [0.2, 0.25) is 0 Å². The maximum atomic E-state index is 13.0. The van der Waals surface area contributed by atoms with Crippen molar-refractivity contribution in [3.63, 3.8) is 0 Å². The Labute approximate surface area is 234 Å². The Hall–Kier alpha value is -4.83. The number of anilines is 1. The monoisotopic (exact) mass is 554 g/mol. The van der Waals surface area contributed by atoms with Crippen molar-refractivity contribution in [3.8, 4) is 28.1 Å². The predicted octanol–water partition coefficient (Wildman–Crippen LogP) is 6.39. The number of amides is 1. The maximum absolute atomic E-state index is 13.0. The van der Waals surface area contributed by atoms with Gasteiger partial charge in [0.15, 0.2) is 5.76 Å². The van der Waals surface area contributed by atoms with Crippen molar-refractivity contribution in [1.29, 1.82) is 0 Å². The molecule has 0 spiro atoms. The van der Waals surface area contributed by atoms with E-state index in [-0.39, 0.29) is 12.5 Å². The van der Waals surface area contributed by atoms with E-state index in [9.17, 15) is 4.79 Å². The van der Waals surface area contributed by atoms with Crippen molar-refractivity contribution in [1.82, 2.24) is 14.6 Å². The van der Waals surface area contributed by atoms with Gasteiger partial charge in [0.1, 0.15) is 29.4 Å². The number of furan rings is 1. The number of rotatable bonds is 8. The second-order valence-electron chi connectivity index (χ2n) is 9.26. The van der Waals surface area contributed by atoms with Gasteiger partial charge in [-0.2, -0.15) is 0 Å². The highest BCUT2D eigenvalue weighted by atomic mass is 32.1. The summed E-state index contributed by atoms with van der Waals surface area (Å²) >= 11 is 1.35. The number of hydrogen-bond donors (Lipinski definition) is 0. The van der Waals surface area contributed by atoms with Crippen LogP contribution in [-0.2, 0) is 6.61 Å². The van der Waals surface area contributed by atoms with Gasteiger partial charge in [-0.25, -0.2) is 9.50 Å². The fourth-order valence-corrected chi connectivity index (χ4v) is 5.05. The molecule has 40 heavy (non-hydrogen) atoms. The first-order valence-electron chi connectivity index (χ1n) is 12.5. The summed E-state index contributed by atoms with van der Waals surface area (Å²) < 4.78 is 24.7. The smallest absolute Gasteiger partial charge is 0.294 e. The Bertz CT molecular complexity index is 1810. The molecule has 0 unspecified atom stereocenters. The quantitative estimate of drug-likeness (QED) is 0.215. The fraction of sp³-hybridized carbons (Fsp3) is 0.167. The summed E-state index contributed by atoms with van der Waals surface area (Å²) in [6, 6.07) is 20.8. The lowest BCUT2D eigenvalue weighted by molar-refractivity contribution is 0.0993. The number of imidazole rings is 1. The lowest BCUT2D eigenvalue weighted by Crippen LogP contribution is -2.26. The van der Waals surface area contributed by atoms with Crippen LogP contribution in [-0.4, -0.2) is 41.8 Å². The highest BCUT2D eigenvalue weighted by molar-refractivity contribution is 7.18. The molecule has 0 aliphatic carbocycles. The molecule has 0 saturated carbocycles. The van der Waals surface area contributed by atoms with Crippen LogP contribution in [0.3, 0.4) is 0 Å². The zero-order valence-electron chi connectivity index (χ0n) is 22.4. The maximum Gasteiger partial charge on any atom is 0.294 e. The van der Waals surface area contributed by atoms with Crippen LogP contribution in [0, 0.1) is 6.92 Å². The van der Waals surface area contributed by atoms with Gasteiger partial charge < -0.3 is 23.5 Å². The minimum Gasteiger partial charge on any atom is -0.496 e. The molecule has 0 bridgehead atoms. The third kappa shape index (κ3) is 4.85. The van der Waals surface area contributed by atoms with E-state index in [1.165, 1.54) is 11.3 Å². The average Bonchev–Trinajstić information content (AvgIpc) is 3.69. The number of nitrogens with zero attached hydrogens (tertiary/aromatic N) is 4. The third-order valence-corrected chi connectivity index (χ3v) is 7.44. The third-order valence-electron chi connectivity index (χ3n) is 6.56. The van der Waals surface area contributed by atoms with Gasteiger partial charge in [0.05, 0.1) is 25.8 Å². The fourth-order valence-electron chi connectivity index (χ4n) is 4.35. The molecular weight excluding hydrogens is 528 g/mol. The molecule has 202 valence electrons. The van der Waals surface area contributed by atoms with Gasteiger partial charge in [-0.1, -0.05) is 29.8 Å². The van der Waals surface area contributed by atoms with Gasteiger partial charge >= 0.3 is 0 Å². The first-order valence-corrected chi connectivity index (χ1v) is 13.3. The molecule has 0 saturated heterocycles. The van der Waals surface area contributed by atoms with E-state index < -0.39 is 0 Å². The van der Waals surface area contributed by atoms with E-state index in [2.05, 4.69) is 10.1 Å². The summed E-state index contributed by atoms with van der Waals surface area (Å²) in [6.45, 7) is 2.28. The van der Waals surface area contributed by atoms with E-state index >= 15 is 0 Å². The molecule has 0 atom stereocenters. The van der Waals surface area contributed by atoms with Crippen molar-refractivity contribution < 1.29 is 23.4 Å². The van der Waals surface area contributed by atoms with E-state index in [0.717, 1.165) is 22.2 Å². The average molecular weight is 555 g/mol. The molecule has 0 fully saturated rings. The van der Waals surface area contributed by atoms with Crippen molar-refractivity contribution in [3.05, 3.63) is 89.6 Å². The Kier molecular flexibility index (Phi) is 6.61. The molecule has 1 amide bonds. The van der Waals surface area contributed by atoms with Crippen molar-refractivity contribution in [2.75, 3.05) is 26.2 Å². The summed E-state index contributed by atoms with van der Waals surface area (Å²) in [5.41, 5.74) is 4.70. The number of fused-ring (bicyclic) bond motifs is 2. The highest BCUT2D eigenvalue weighted by Crippen LogP contribution is 2.37. The molecule has 10 heteroatoms. The van der Waals surface area contributed by atoms with Crippen LogP contribution in [0.5, 0.6) is 16.7 Å². The predicted molar refractivity (Wildman–Crippen MR) is 154 cm³/mol. The van der Waals surface area contributed by atoms with Crippen LogP contribution in [0.25, 0.3) is 27.4 Å². The van der Waals surface area contributed by atoms with Crippen LogP contribution < -0.4 is 19.1 Å². The van der Waals surface area contributed by atoms with Gasteiger partial charge in [0, 0.05) is 30.4 Å². The number of methoxy groups -OCH3 is 2. The molecule has 0 aliphatic rings. The lowest BCUT2D eigenvalue weighted by Gasteiger charge is -2.18. The van der Waals surface area contributed by atoms with Gasteiger partial charge in [-0.3, -0.25) is 4.79 Å². The van der Waals surface area contributed by atoms with Gasteiger partial charge in [-0.15, -0.1) is 5.10 Å². The highest BCUT2D eigenvalue weighted by Gasteiger charge is 2.18. The zero-order chi connectivity index (χ0) is 27.8. The van der Waals surface area contributed by atoms with Crippen LogP contribution >= 0.6 is 11.3 Å². The Morgan fingerprint density at radius 1 is 1.05 bits per heavy atom. The minimum atomic E-state index is -0.0775. The van der Waals surface area contributed by atoms with E-state index in [0.29, 0.717) is 44.3 Å². The number of ether oxygens (including phenoxy) is 3. The Morgan fingerprint density at radius 3 is 2.62 bits per heavy atom. The molecular formula is C30H26N4O5S. The van der Waals surface area contributed by atoms with E-state index in [4.69, 9.17) is 18.6 Å². The van der Waals surface area contributed by atoms with Crippen molar-refractivity contribution >= 4 is 38.9 Å². The van der Waals surface area contributed by atoms with E-state index in [1.54, 1.807) is 36.9 Å². The number of carbonyl (C=O) groups excluding carboxylic acids is 1. The summed E-state index contributed by atoms with van der Waals surface area (Å²) in [6.07, 6.45) is 1.80. The summed E-state index contributed by atoms with van der Waals surface area (Å²) in [7, 11) is 4.95. The molecule has 0 aliphatic heterocycles. The minimum absolute atomic E-state index is 0.0775. The lowest BCUT2D eigenvalue weighted by atomic mass is 10.1. The van der Waals surface area contributed by atoms with E-state index in [1.807, 2.05) is 73.7 Å². The summed E-state index contributed by atoms with van der Waals surface area (Å²) in [5.74, 6) is 1.73. The van der Waals surface area contributed by atoms with Crippen molar-refractivity contribution in [2.45, 2.75) is 13.5 Å². The summed E-state index contributed by atoms with van der Waals surface area (Å²) in [5, 5.41) is 5.66. The second kappa shape index (κ2) is 10.4. The first-order chi connectivity index (χ1) is 19.4. The van der Waals surface area contributed by atoms with Gasteiger partial charge in [0.2, 0.25) is 4.96 Å². The topological polar surface area (TPSA) is 91.3 Å². The van der Waals surface area contributed by atoms with Gasteiger partial charge in [0.25, 0.3) is 11.1 Å². The molecule has 6 rings (SSSR count). The van der Waals surface area contributed by atoms with Crippen LogP contribution in [0.15, 0.2) is 77.3 Å². The molecule has 6 aromatic rings. The number of aromatic nitrogens is 3. The molecule has 0 N–H and O–H groups in total. The van der Waals surface area contributed by atoms with Crippen LogP contribution in [0.4, 0.5) is 5.69 Å². The largest absolute Gasteiger partial charge is 0.496 e. The molecule has 3 aromatic carbocycles. The zero-order valence-corrected chi connectivity index (χ0v) is 23.2. The Morgan fingerprint density at radius 2 is 1.88 bits per heavy atom. The first kappa shape index (κ1) is 25.4. The number of carbonyl (C=O) groups is 1. The molecule has 0 radical (unpaired) electrons. The summed E-state index contributed by atoms with van der Waals surface area (Å²) in [4.78, 5) is 20.0. The SMILES string of the molecule is COc1cc(OCc2cccc(N(C)C(=O)c3ccc(C)cc3)c2)c2cc(-c3cn4nc(OC)sc4n3)oc2c1. The molecule has 3 heterocycles. The molecule has 3 aromatic heterocycles. The van der Waals surface area contributed by atoms with Gasteiger partial charge in [-0.05, 0) is 54.2 Å². The standard InChI is InChI=1S/C30H26N4O5S/c1-18-8-10-20(11-9-18)28(35)33(2)21-7-5-6-19(12-21)17-38-25-13-22(36-3)14-26-23(25)15-27(39-26)24-16-34-29(31-24)40-30(32-34)37-4/h5-16H,17H2,1-4H3. The number of benzene rings is 3. The van der Waals surface area contributed by atoms with Crippen LogP contribution in [0.1, 0.15) is 21.5 Å². The van der Waals surface area contributed by atoms with Crippen molar-refractivity contribution in [2.24, 2.45) is 0 Å².